The van der Waals surface area contributed by atoms with Gasteiger partial charge in [0.25, 0.3) is 0 Å². The van der Waals surface area contributed by atoms with E-state index in [0.717, 1.165) is 5.56 Å². The Bertz CT molecular complexity index is 408. The van der Waals surface area contributed by atoms with Gasteiger partial charge >= 0.3 is 0 Å². The average molecular weight is 269 g/mol. The van der Waals surface area contributed by atoms with Crippen molar-refractivity contribution in [1.29, 1.82) is 0 Å². The van der Waals surface area contributed by atoms with Crippen molar-refractivity contribution >= 4 is 28.9 Å². The van der Waals surface area contributed by atoms with Crippen LogP contribution in [-0.2, 0) is 16.3 Å². The van der Waals surface area contributed by atoms with Gasteiger partial charge in [0.05, 0.1) is 6.54 Å². The van der Waals surface area contributed by atoms with Crippen LogP contribution in [0.5, 0.6) is 0 Å². The van der Waals surface area contributed by atoms with Crippen molar-refractivity contribution in [3.8, 4) is 0 Å². The molecule has 0 radical (unpaired) electrons. The predicted octanol–water partition coefficient (Wildman–Crippen LogP) is 0.709. The molecule has 0 unspecified atom stereocenters. The second kappa shape index (κ2) is 7.59. The van der Waals surface area contributed by atoms with Gasteiger partial charge in [-0.1, -0.05) is 12.1 Å². The molecular formula is C11H15N3O3S. The van der Waals surface area contributed by atoms with Gasteiger partial charge in [0.15, 0.2) is 5.11 Å². The summed E-state index contributed by atoms with van der Waals surface area (Å²) >= 11 is 4.84. The van der Waals surface area contributed by atoms with Crippen LogP contribution in [0.15, 0.2) is 24.3 Å². The molecule has 1 aromatic rings. The zero-order valence-corrected chi connectivity index (χ0v) is 10.7. The lowest BCUT2D eigenvalue weighted by molar-refractivity contribution is -0.253. The maximum absolute atomic E-state index is 11.5. The van der Waals surface area contributed by atoms with E-state index in [1.807, 2.05) is 0 Å². The van der Waals surface area contributed by atoms with E-state index >= 15 is 0 Å². The predicted molar refractivity (Wildman–Crippen MR) is 72.1 cm³/mol. The van der Waals surface area contributed by atoms with Gasteiger partial charge in [-0.2, -0.15) is 0 Å². The summed E-state index contributed by atoms with van der Waals surface area (Å²) < 4.78 is 0. The molecule has 7 heteroatoms. The van der Waals surface area contributed by atoms with Crippen LogP contribution in [0.1, 0.15) is 5.56 Å². The Kier molecular flexibility index (Phi) is 6.06. The Morgan fingerprint density at radius 2 is 2.06 bits per heavy atom. The number of hydrogen-bond donors (Lipinski definition) is 4. The first-order chi connectivity index (χ1) is 8.65. The van der Waals surface area contributed by atoms with E-state index in [0.29, 0.717) is 10.8 Å². The van der Waals surface area contributed by atoms with Crippen LogP contribution in [0, 0.1) is 0 Å². The molecule has 0 atom stereocenters. The molecule has 0 saturated heterocycles. The lowest BCUT2D eigenvalue weighted by atomic mass is 10.2. The Hall–Kier alpha value is -1.70. The molecule has 0 aliphatic heterocycles. The summed E-state index contributed by atoms with van der Waals surface area (Å²) in [5.74, 6) is -0.196. The van der Waals surface area contributed by atoms with Gasteiger partial charge in [-0.3, -0.25) is 10.1 Å². The van der Waals surface area contributed by atoms with E-state index in [1.165, 1.54) is 0 Å². The normalized spacial score (nSPS) is 9.67. The molecule has 0 aliphatic rings. The van der Waals surface area contributed by atoms with Crippen LogP contribution in [0.3, 0.4) is 0 Å². The van der Waals surface area contributed by atoms with Gasteiger partial charge in [0, 0.05) is 12.7 Å². The number of rotatable bonds is 5. The third-order valence-electron chi connectivity index (χ3n) is 2.11. The van der Waals surface area contributed by atoms with E-state index < -0.39 is 0 Å². The van der Waals surface area contributed by atoms with E-state index in [1.54, 1.807) is 31.3 Å². The van der Waals surface area contributed by atoms with Gasteiger partial charge in [0.1, 0.15) is 6.61 Å². The number of nitrogens with one attached hydrogen (secondary N) is 3. The van der Waals surface area contributed by atoms with Crippen LogP contribution >= 0.6 is 12.2 Å². The maximum atomic E-state index is 11.5. The van der Waals surface area contributed by atoms with Crippen LogP contribution < -0.4 is 16.0 Å². The first kappa shape index (κ1) is 14.4. The second-order valence-corrected chi connectivity index (χ2v) is 3.86. The minimum atomic E-state index is -0.196. The molecule has 1 rings (SSSR count). The third-order valence-corrected chi connectivity index (χ3v) is 2.45. The molecule has 0 spiro atoms. The lowest BCUT2D eigenvalue weighted by Gasteiger charge is -2.08. The molecule has 0 aliphatic carbocycles. The standard InChI is InChI=1S/C11H15N3O3S/c1-12-11(18)13-6-10(15)14-9-4-2-8(3-5-9)7-17-16/h2-5,16H,6-7H2,1H3,(H,14,15)(H2,12,13,18). The van der Waals surface area contributed by atoms with Crippen LogP contribution in [-0.4, -0.2) is 29.9 Å². The quantitative estimate of drug-likeness (QED) is 0.358. The SMILES string of the molecule is CNC(=S)NCC(=O)Nc1ccc(COO)cc1. The van der Waals surface area contributed by atoms with Crippen LogP contribution in [0.4, 0.5) is 5.69 Å². The van der Waals surface area contributed by atoms with Crippen molar-refractivity contribution in [2.75, 3.05) is 18.9 Å². The summed E-state index contributed by atoms with van der Waals surface area (Å²) in [5.41, 5.74) is 1.48. The minimum Gasteiger partial charge on any atom is -0.366 e. The highest BCUT2D eigenvalue weighted by molar-refractivity contribution is 7.80. The number of thiocarbonyl (C=S) groups is 1. The van der Waals surface area contributed by atoms with Crippen molar-refractivity contribution in [2.45, 2.75) is 6.61 Å². The maximum Gasteiger partial charge on any atom is 0.243 e. The lowest BCUT2D eigenvalue weighted by Crippen LogP contribution is -2.38. The largest absolute Gasteiger partial charge is 0.366 e. The Morgan fingerprint density at radius 1 is 1.39 bits per heavy atom. The van der Waals surface area contributed by atoms with Crippen molar-refractivity contribution < 1.29 is 14.9 Å². The molecule has 0 bridgehead atoms. The number of anilines is 1. The van der Waals surface area contributed by atoms with E-state index in [4.69, 9.17) is 17.5 Å². The highest BCUT2D eigenvalue weighted by Crippen LogP contribution is 2.09. The second-order valence-electron chi connectivity index (χ2n) is 3.45. The van der Waals surface area contributed by atoms with Crippen LogP contribution in [0.2, 0.25) is 0 Å². The Morgan fingerprint density at radius 3 is 2.61 bits per heavy atom. The average Bonchev–Trinajstić information content (AvgIpc) is 2.38. The number of hydrogen-bond acceptors (Lipinski definition) is 4. The summed E-state index contributed by atoms with van der Waals surface area (Å²) in [6.45, 7) is 0.216. The molecule has 0 saturated carbocycles. The molecule has 6 nitrogen and oxygen atoms in total. The summed E-state index contributed by atoms with van der Waals surface area (Å²) in [6, 6.07) is 6.94. The zero-order valence-electron chi connectivity index (χ0n) is 9.90. The topological polar surface area (TPSA) is 82.6 Å². The summed E-state index contributed by atoms with van der Waals surface area (Å²) in [4.78, 5) is 15.5. The Balaban J connectivity index is 2.42. The summed E-state index contributed by atoms with van der Waals surface area (Å²) in [6.07, 6.45) is 0. The third kappa shape index (κ3) is 5.09. The fraction of sp³-hybridized carbons (Fsp3) is 0.273. The van der Waals surface area contributed by atoms with E-state index in [-0.39, 0.29) is 19.1 Å². The van der Waals surface area contributed by atoms with Gasteiger partial charge in [-0.15, -0.1) is 0 Å². The number of benzene rings is 1. The van der Waals surface area contributed by atoms with Gasteiger partial charge < -0.3 is 16.0 Å². The molecule has 1 amide bonds. The fourth-order valence-corrected chi connectivity index (χ4v) is 1.29. The fourth-order valence-electron chi connectivity index (χ4n) is 1.21. The molecule has 98 valence electrons. The highest BCUT2D eigenvalue weighted by atomic mass is 32.1. The summed E-state index contributed by atoms with van der Waals surface area (Å²) in [5, 5.41) is 16.8. The van der Waals surface area contributed by atoms with Crippen molar-refractivity contribution in [3.63, 3.8) is 0 Å². The first-order valence-electron chi connectivity index (χ1n) is 5.26. The van der Waals surface area contributed by atoms with Crippen molar-refractivity contribution in [1.82, 2.24) is 10.6 Å². The smallest absolute Gasteiger partial charge is 0.243 e. The minimum absolute atomic E-state index is 0.0984. The van der Waals surface area contributed by atoms with Gasteiger partial charge in [-0.05, 0) is 29.9 Å². The molecule has 0 aromatic heterocycles. The molecule has 0 fully saturated rings. The van der Waals surface area contributed by atoms with Gasteiger partial charge in [0.2, 0.25) is 5.91 Å². The summed E-state index contributed by atoms with van der Waals surface area (Å²) in [7, 11) is 1.68. The van der Waals surface area contributed by atoms with E-state index in [9.17, 15) is 4.79 Å². The molecule has 1 aromatic carbocycles. The van der Waals surface area contributed by atoms with Crippen molar-refractivity contribution in [3.05, 3.63) is 29.8 Å². The zero-order chi connectivity index (χ0) is 13.4. The first-order valence-corrected chi connectivity index (χ1v) is 5.67. The molecule has 0 heterocycles. The molecule has 18 heavy (non-hydrogen) atoms. The number of carbonyl (C=O) groups is 1. The molecule has 4 N–H and O–H groups in total. The monoisotopic (exact) mass is 269 g/mol. The number of carbonyl (C=O) groups excluding carboxylic acids is 1. The number of amides is 1. The van der Waals surface area contributed by atoms with Gasteiger partial charge in [-0.25, -0.2) is 4.89 Å². The molecular weight excluding hydrogens is 254 g/mol. The van der Waals surface area contributed by atoms with Crippen molar-refractivity contribution in [2.24, 2.45) is 0 Å². The Labute approximate surface area is 110 Å². The van der Waals surface area contributed by atoms with E-state index in [2.05, 4.69) is 20.8 Å². The van der Waals surface area contributed by atoms with Crippen LogP contribution in [0.25, 0.3) is 0 Å². The highest BCUT2D eigenvalue weighted by Gasteiger charge is 2.02.